The molecule has 1 amide bonds. The fraction of sp³-hybridized carbons (Fsp3) is 0.391. The van der Waals surface area contributed by atoms with Crippen LogP contribution >= 0.6 is 12.2 Å². The smallest absolute Gasteiger partial charge is 0.416 e. The van der Waals surface area contributed by atoms with Crippen LogP contribution in [-0.2, 0) is 6.18 Å². The number of hydrogen-bond donors (Lipinski definition) is 1. The standard InChI is InChI=1S/C23H25F3N4O4S/c1-15(2)14-34-18-6-3-16(4-7-18)21(31)27-22(35)29-11-9-28(10-12-29)19-8-5-17(23(24,25)26)13-20(19)30(32)33/h3-8,13,15H,9-12,14H2,1-2H3,(H,27,31,35). The van der Waals surface area contributed by atoms with Crippen molar-refractivity contribution in [1.29, 1.82) is 0 Å². The summed E-state index contributed by atoms with van der Waals surface area (Å²) in [4.78, 5) is 26.5. The van der Waals surface area contributed by atoms with Crippen molar-refractivity contribution in [3.05, 3.63) is 63.7 Å². The third-order valence-electron chi connectivity index (χ3n) is 5.33. The van der Waals surface area contributed by atoms with Crippen molar-refractivity contribution in [2.24, 2.45) is 5.92 Å². The molecule has 188 valence electrons. The van der Waals surface area contributed by atoms with E-state index in [2.05, 4.69) is 5.32 Å². The van der Waals surface area contributed by atoms with Gasteiger partial charge in [0.2, 0.25) is 0 Å². The van der Waals surface area contributed by atoms with E-state index in [1.807, 2.05) is 13.8 Å². The minimum atomic E-state index is -4.67. The van der Waals surface area contributed by atoms with Gasteiger partial charge in [-0.3, -0.25) is 20.2 Å². The highest BCUT2D eigenvalue weighted by Crippen LogP contribution is 2.36. The molecule has 0 bridgehead atoms. The van der Waals surface area contributed by atoms with Crippen molar-refractivity contribution in [2.75, 3.05) is 37.7 Å². The summed E-state index contributed by atoms with van der Waals surface area (Å²) in [5, 5.41) is 14.3. The topological polar surface area (TPSA) is 88.0 Å². The molecule has 0 spiro atoms. The van der Waals surface area contributed by atoms with Gasteiger partial charge in [0.25, 0.3) is 11.6 Å². The monoisotopic (exact) mass is 510 g/mol. The molecule has 12 heteroatoms. The van der Waals surface area contributed by atoms with E-state index in [0.717, 1.165) is 12.1 Å². The van der Waals surface area contributed by atoms with Crippen molar-refractivity contribution in [1.82, 2.24) is 10.2 Å². The summed E-state index contributed by atoms with van der Waals surface area (Å²) >= 11 is 5.34. The van der Waals surface area contributed by atoms with Gasteiger partial charge in [0.15, 0.2) is 5.11 Å². The van der Waals surface area contributed by atoms with E-state index in [1.54, 1.807) is 34.1 Å². The first-order valence-corrected chi connectivity index (χ1v) is 11.3. The van der Waals surface area contributed by atoms with Crippen molar-refractivity contribution in [3.63, 3.8) is 0 Å². The predicted molar refractivity (Wildman–Crippen MR) is 129 cm³/mol. The normalized spacial score (nSPS) is 14.1. The molecule has 1 aliphatic rings. The number of nitrogens with zero attached hydrogens (tertiary/aromatic N) is 3. The van der Waals surface area contributed by atoms with Crippen molar-refractivity contribution >= 4 is 34.6 Å². The fourth-order valence-corrected chi connectivity index (χ4v) is 3.75. The van der Waals surface area contributed by atoms with Gasteiger partial charge < -0.3 is 14.5 Å². The predicted octanol–water partition coefficient (Wildman–Crippen LogP) is 4.49. The molecule has 3 rings (SSSR count). The van der Waals surface area contributed by atoms with Crippen LogP contribution in [0.3, 0.4) is 0 Å². The number of halogens is 3. The van der Waals surface area contributed by atoms with Crippen LogP contribution in [-0.4, -0.2) is 53.6 Å². The average Bonchev–Trinajstić information content (AvgIpc) is 2.82. The number of nitro benzene ring substituents is 1. The van der Waals surface area contributed by atoms with Crippen molar-refractivity contribution < 1.29 is 27.6 Å². The molecule has 0 unspecified atom stereocenters. The number of ether oxygens (including phenoxy) is 1. The Morgan fingerprint density at radius 1 is 1.14 bits per heavy atom. The number of rotatable bonds is 6. The maximum atomic E-state index is 13.0. The molecule has 1 saturated heterocycles. The minimum absolute atomic E-state index is 0.109. The zero-order chi connectivity index (χ0) is 25.8. The molecule has 0 atom stereocenters. The summed E-state index contributed by atoms with van der Waals surface area (Å²) in [5.41, 5.74) is -1.17. The van der Waals surface area contributed by atoms with Crippen LogP contribution in [0.5, 0.6) is 5.75 Å². The molecule has 35 heavy (non-hydrogen) atoms. The Bertz CT molecular complexity index is 1090. The first kappa shape index (κ1) is 26.2. The van der Waals surface area contributed by atoms with Gasteiger partial charge in [-0.2, -0.15) is 13.2 Å². The molecular formula is C23H25F3N4O4S. The van der Waals surface area contributed by atoms with E-state index in [4.69, 9.17) is 17.0 Å². The quantitative estimate of drug-likeness (QED) is 0.348. The number of carbonyl (C=O) groups excluding carboxylic acids is 1. The average molecular weight is 511 g/mol. The van der Waals surface area contributed by atoms with Crippen molar-refractivity contribution in [3.8, 4) is 5.75 Å². The van der Waals surface area contributed by atoms with Crippen LogP contribution in [0.25, 0.3) is 0 Å². The van der Waals surface area contributed by atoms with E-state index < -0.39 is 22.4 Å². The van der Waals surface area contributed by atoms with Crippen LogP contribution in [0, 0.1) is 16.0 Å². The molecule has 0 aromatic heterocycles. The van der Waals surface area contributed by atoms with Gasteiger partial charge >= 0.3 is 6.18 Å². The van der Waals surface area contributed by atoms with E-state index in [-0.39, 0.29) is 29.8 Å². The maximum Gasteiger partial charge on any atom is 0.416 e. The Labute approximate surface area is 205 Å². The van der Waals surface area contributed by atoms with Gasteiger partial charge in [0.05, 0.1) is 17.1 Å². The van der Waals surface area contributed by atoms with Crippen LogP contribution in [0.15, 0.2) is 42.5 Å². The van der Waals surface area contributed by atoms with Crippen LogP contribution < -0.4 is 15.0 Å². The summed E-state index contributed by atoms with van der Waals surface area (Å²) < 4.78 is 44.5. The Hall–Kier alpha value is -3.41. The maximum absolute atomic E-state index is 13.0. The number of alkyl halides is 3. The second kappa shape index (κ2) is 10.9. The Morgan fingerprint density at radius 2 is 1.77 bits per heavy atom. The number of anilines is 1. The van der Waals surface area contributed by atoms with Gasteiger partial charge in [0.1, 0.15) is 11.4 Å². The molecule has 1 fully saturated rings. The lowest BCUT2D eigenvalue weighted by Gasteiger charge is -2.37. The number of nitro groups is 1. The minimum Gasteiger partial charge on any atom is -0.493 e. The summed E-state index contributed by atoms with van der Waals surface area (Å²) in [5.74, 6) is 0.652. The number of thiocarbonyl (C=S) groups is 1. The first-order valence-electron chi connectivity index (χ1n) is 10.9. The Kier molecular flexibility index (Phi) is 8.15. The first-order chi connectivity index (χ1) is 16.5. The summed E-state index contributed by atoms with van der Waals surface area (Å²) in [6, 6.07) is 9.17. The fourth-order valence-electron chi connectivity index (χ4n) is 3.48. The molecule has 1 heterocycles. The molecular weight excluding hydrogens is 485 g/mol. The number of piperazine rings is 1. The van der Waals surface area contributed by atoms with Crippen LogP contribution in [0.4, 0.5) is 24.5 Å². The molecule has 2 aromatic rings. The highest BCUT2D eigenvalue weighted by atomic mass is 32.1. The lowest BCUT2D eigenvalue weighted by atomic mass is 10.1. The van der Waals surface area contributed by atoms with Gasteiger partial charge in [0, 0.05) is 37.8 Å². The molecule has 0 aliphatic carbocycles. The third kappa shape index (κ3) is 6.81. The molecule has 1 N–H and O–H groups in total. The number of hydrogen-bond acceptors (Lipinski definition) is 6. The SMILES string of the molecule is CC(C)COc1ccc(C(=O)NC(=S)N2CCN(c3ccc(C(F)(F)F)cc3[N+](=O)[O-])CC2)cc1. The molecule has 1 aliphatic heterocycles. The molecule has 2 aromatic carbocycles. The largest absolute Gasteiger partial charge is 0.493 e. The number of nitrogens with one attached hydrogen (secondary N) is 1. The van der Waals surface area contributed by atoms with E-state index in [9.17, 15) is 28.1 Å². The van der Waals surface area contributed by atoms with E-state index >= 15 is 0 Å². The Morgan fingerprint density at radius 3 is 2.31 bits per heavy atom. The number of carbonyl (C=O) groups is 1. The Balaban J connectivity index is 1.58. The van der Waals surface area contributed by atoms with Gasteiger partial charge in [-0.05, 0) is 54.5 Å². The zero-order valence-corrected chi connectivity index (χ0v) is 20.0. The molecule has 8 nitrogen and oxygen atoms in total. The van der Waals surface area contributed by atoms with E-state index in [0.29, 0.717) is 43.0 Å². The van der Waals surface area contributed by atoms with Gasteiger partial charge in [-0.15, -0.1) is 0 Å². The van der Waals surface area contributed by atoms with E-state index in [1.165, 1.54) is 0 Å². The van der Waals surface area contributed by atoms with Gasteiger partial charge in [-0.1, -0.05) is 13.8 Å². The highest BCUT2D eigenvalue weighted by molar-refractivity contribution is 7.80. The molecule has 0 saturated carbocycles. The zero-order valence-electron chi connectivity index (χ0n) is 19.2. The highest BCUT2D eigenvalue weighted by Gasteiger charge is 2.34. The third-order valence-corrected chi connectivity index (χ3v) is 5.69. The second-order valence-electron chi connectivity index (χ2n) is 8.42. The lowest BCUT2D eigenvalue weighted by Crippen LogP contribution is -2.52. The lowest BCUT2D eigenvalue weighted by molar-refractivity contribution is -0.384. The number of benzene rings is 2. The van der Waals surface area contributed by atoms with Crippen LogP contribution in [0.1, 0.15) is 29.8 Å². The van der Waals surface area contributed by atoms with Gasteiger partial charge in [-0.25, -0.2) is 0 Å². The summed E-state index contributed by atoms with van der Waals surface area (Å²) in [6.07, 6.45) is -4.67. The van der Waals surface area contributed by atoms with Crippen LogP contribution in [0.2, 0.25) is 0 Å². The summed E-state index contributed by atoms with van der Waals surface area (Å²) in [7, 11) is 0. The number of amides is 1. The molecule has 0 radical (unpaired) electrons. The second-order valence-corrected chi connectivity index (χ2v) is 8.81. The van der Waals surface area contributed by atoms with Crippen molar-refractivity contribution in [2.45, 2.75) is 20.0 Å². The summed E-state index contributed by atoms with van der Waals surface area (Å²) in [6.45, 7) is 5.87.